The van der Waals surface area contributed by atoms with Crippen LogP contribution in [-0.2, 0) is 6.42 Å². The average Bonchev–Trinajstić information content (AvgIpc) is 2.81. The zero-order chi connectivity index (χ0) is 13.0. The van der Waals surface area contributed by atoms with Crippen LogP contribution in [0.3, 0.4) is 0 Å². The van der Waals surface area contributed by atoms with E-state index in [4.69, 9.17) is 0 Å². The van der Waals surface area contributed by atoms with Crippen LogP contribution >= 0.6 is 27.3 Å². The predicted octanol–water partition coefficient (Wildman–Crippen LogP) is 3.47. The Morgan fingerprint density at radius 3 is 2.89 bits per heavy atom. The number of hydrogen-bond acceptors (Lipinski definition) is 5. The molecule has 0 unspecified atom stereocenters. The molecule has 0 fully saturated rings. The van der Waals surface area contributed by atoms with E-state index in [1.807, 2.05) is 11.6 Å². The van der Waals surface area contributed by atoms with Crippen LogP contribution in [0.1, 0.15) is 31.3 Å². The van der Waals surface area contributed by atoms with E-state index < -0.39 is 0 Å². The van der Waals surface area contributed by atoms with Gasteiger partial charge >= 0.3 is 0 Å². The zero-order valence-electron chi connectivity index (χ0n) is 10.4. The Bertz CT molecular complexity index is 499. The van der Waals surface area contributed by atoms with Gasteiger partial charge in [-0.15, -0.1) is 11.3 Å². The van der Waals surface area contributed by atoms with Gasteiger partial charge in [0.15, 0.2) is 0 Å². The molecule has 0 saturated carbocycles. The zero-order valence-corrected chi connectivity index (χ0v) is 12.8. The molecule has 0 spiro atoms. The van der Waals surface area contributed by atoms with Gasteiger partial charge in [-0.25, -0.2) is 15.0 Å². The van der Waals surface area contributed by atoms with Gasteiger partial charge in [-0.1, -0.05) is 13.8 Å². The fraction of sp³-hybridized carbons (Fsp3) is 0.417. The van der Waals surface area contributed by atoms with E-state index >= 15 is 0 Å². The maximum absolute atomic E-state index is 4.48. The Hall–Kier alpha value is -1.01. The topological polar surface area (TPSA) is 50.7 Å². The highest BCUT2D eigenvalue weighted by molar-refractivity contribution is 9.10. The second kappa shape index (κ2) is 6.24. The van der Waals surface area contributed by atoms with Crippen molar-refractivity contribution in [3.8, 4) is 0 Å². The molecule has 1 N–H and O–H groups in total. The van der Waals surface area contributed by atoms with Crippen LogP contribution in [0.4, 0.5) is 5.82 Å². The second-order valence-corrected chi connectivity index (χ2v) is 5.78. The van der Waals surface area contributed by atoms with Crippen LogP contribution < -0.4 is 5.32 Å². The minimum Gasteiger partial charge on any atom is -0.370 e. The minimum absolute atomic E-state index is 0.321. The summed E-state index contributed by atoms with van der Waals surface area (Å²) < 4.78 is 0.817. The molecule has 18 heavy (non-hydrogen) atoms. The molecule has 0 aliphatic heterocycles. The van der Waals surface area contributed by atoms with E-state index in [0.29, 0.717) is 5.92 Å². The van der Waals surface area contributed by atoms with Gasteiger partial charge in [-0.05, 0) is 15.9 Å². The van der Waals surface area contributed by atoms with Crippen molar-refractivity contribution in [3.63, 3.8) is 0 Å². The highest BCUT2D eigenvalue weighted by atomic mass is 79.9. The largest absolute Gasteiger partial charge is 0.370 e. The van der Waals surface area contributed by atoms with E-state index in [1.165, 1.54) is 0 Å². The third kappa shape index (κ3) is 3.74. The monoisotopic (exact) mass is 326 g/mol. The van der Waals surface area contributed by atoms with Gasteiger partial charge in [0.05, 0.1) is 11.2 Å². The Kier molecular flexibility index (Phi) is 4.66. The fourth-order valence-electron chi connectivity index (χ4n) is 1.46. The molecule has 0 aliphatic carbocycles. The molecule has 6 heteroatoms. The van der Waals surface area contributed by atoms with Crippen LogP contribution in [0.15, 0.2) is 21.6 Å². The van der Waals surface area contributed by atoms with Gasteiger partial charge in [0.1, 0.15) is 16.2 Å². The quantitative estimate of drug-likeness (QED) is 0.855. The van der Waals surface area contributed by atoms with E-state index in [-0.39, 0.29) is 0 Å². The lowest BCUT2D eigenvalue weighted by Crippen LogP contribution is -2.09. The lowest BCUT2D eigenvalue weighted by molar-refractivity contribution is 0.769. The number of halogens is 1. The van der Waals surface area contributed by atoms with Crippen molar-refractivity contribution in [2.75, 3.05) is 11.9 Å². The molecule has 0 bridgehead atoms. The molecule has 2 rings (SSSR count). The Morgan fingerprint density at radius 1 is 1.39 bits per heavy atom. The molecule has 0 amide bonds. The molecule has 0 radical (unpaired) electrons. The lowest BCUT2D eigenvalue weighted by Gasteiger charge is -2.09. The van der Waals surface area contributed by atoms with Gasteiger partial charge in [-0.2, -0.15) is 0 Å². The summed E-state index contributed by atoms with van der Waals surface area (Å²) >= 11 is 5.03. The molecule has 0 aromatic carbocycles. The van der Waals surface area contributed by atoms with Crippen molar-refractivity contribution in [1.82, 2.24) is 15.0 Å². The summed E-state index contributed by atoms with van der Waals surface area (Å²) in [7, 11) is 0. The Balaban J connectivity index is 1.96. The van der Waals surface area contributed by atoms with E-state index in [9.17, 15) is 0 Å². The Labute approximate surface area is 119 Å². The highest BCUT2D eigenvalue weighted by Gasteiger charge is 2.06. The Morgan fingerprint density at radius 2 is 2.22 bits per heavy atom. The smallest absolute Gasteiger partial charge is 0.134 e. The predicted molar refractivity (Wildman–Crippen MR) is 78.1 cm³/mol. The van der Waals surface area contributed by atoms with Crippen LogP contribution in [0.5, 0.6) is 0 Å². The van der Waals surface area contributed by atoms with Crippen molar-refractivity contribution in [2.24, 2.45) is 0 Å². The summed E-state index contributed by atoms with van der Waals surface area (Å²) in [6.07, 6.45) is 0.905. The summed E-state index contributed by atoms with van der Waals surface area (Å²) in [6.45, 7) is 4.99. The molecule has 4 nitrogen and oxygen atoms in total. The molecule has 96 valence electrons. The molecule has 2 heterocycles. The molecular weight excluding hydrogens is 312 g/mol. The van der Waals surface area contributed by atoms with Gasteiger partial charge in [-0.3, -0.25) is 0 Å². The average molecular weight is 327 g/mol. The van der Waals surface area contributed by atoms with Gasteiger partial charge in [0.25, 0.3) is 0 Å². The summed E-state index contributed by atoms with van der Waals surface area (Å²) in [5.41, 5.74) is 2.97. The highest BCUT2D eigenvalue weighted by Crippen LogP contribution is 2.17. The van der Waals surface area contributed by atoms with E-state index in [0.717, 1.165) is 34.9 Å². The summed E-state index contributed by atoms with van der Waals surface area (Å²) in [6, 6.07) is 1.90. The number of aromatic nitrogens is 3. The third-order valence-electron chi connectivity index (χ3n) is 2.40. The van der Waals surface area contributed by atoms with E-state index in [2.05, 4.69) is 55.4 Å². The van der Waals surface area contributed by atoms with Gasteiger partial charge < -0.3 is 5.32 Å². The molecule has 2 aromatic heterocycles. The number of nitrogens with zero attached hydrogens (tertiary/aromatic N) is 3. The van der Waals surface area contributed by atoms with Crippen molar-refractivity contribution in [2.45, 2.75) is 26.2 Å². The van der Waals surface area contributed by atoms with Crippen molar-refractivity contribution >= 4 is 33.1 Å². The van der Waals surface area contributed by atoms with E-state index in [1.54, 1.807) is 11.3 Å². The fourth-order valence-corrected chi connectivity index (χ4v) is 2.46. The normalized spacial score (nSPS) is 10.9. The molecule has 0 atom stereocenters. The second-order valence-electron chi connectivity index (χ2n) is 4.25. The lowest BCUT2D eigenvalue weighted by atomic mass is 10.2. The van der Waals surface area contributed by atoms with Crippen molar-refractivity contribution in [1.29, 1.82) is 0 Å². The molecule has 2 aromatic rings. The maximum atomic E-state index is 4.48. The van der Waals surface area contributed by atoms with Crippen molar-refractivity contribution in [3.05, 3.63) is 33.1 Å². The number of nitrogens with one attached hydrogen (secondary N) is 1. The summed E-state index contributed by atoms with van der Waals surface area (Å²) in [5, 5.41) is 5.37. The maximum Gasteiger partial charge on any atom is 0.134 e. The first kappa shape index (κ1) is 13.4. The van der Waals surface area contributed by atoms with Crippen LogP contribution in [-0.4, -0.2) is 21.5 Å². The minimum atomic E-state index is 0.321. The van der Waals surface area contributed by atoms with Crippen molar-refractivity contribution < 1.29 is 0 Å². The van der Waals surface area contributed by atoms with Crippen LogP contribution in [0, 0.1) is 0 Å². The summed E-state index contributed by atoms with van der Waals surface area (Å²) in [4.78, 5) is 13.1. The first-order valence-corrected chi connectivity index (χ1v) is 7.54. The third-order valence-corrected chi connectivity index (χ3v) is 3.44. The first-order valence-electron chi connectivity index (χ1n) is 5.80. The summed E-state index contributed by atoms with van der Waals surface area (Å²) in [5.74, 6) is 2.03. The molecular formula is C12H15BrN4S. The molecule has 0 aliphatic rings. The standard InChI is InChI=1S/C12H15BrN4S/c1-8(2)12-16-10(13)5-11(17-12)14-4-3-9-6-18-7-15-9/h5-8H,3-4H2,1-2H3,(H,14,16,17). The van der Waals surface area contributed by atoms with Gasteiger partial charge in [0, 0.05) is 30.3 Å². The number of anilines is 1. The number of rotatable bonds is 5. The van der Waals surface area contributed by atoms with Crippen LogP contribution in [0.2, 0.25) is 0 Å². The molecule has 0 saturated heterocycles. The number of hydrogen-bond donors (Lipinski definition) is 1. The van der Waals surface area contributed by atoms with Crippen LogP contribution in [0.25, 0.3) is 0 Å². The first-order chi connectivity index (χ1) is 8.65. The SMILES string of the molecule is CC(C)c1nc(Br)cc(NCCc2cscn2)n1. The van der Waals surface area contributed by atoms with Gasteiger partial charge in [0.2, 0.25) is 0 Å². The number of thiazole rings is 1.